The Kier molecular flexibility index (Phi) is 4.31. The number of hydrogen-bond acceptors (Lipinski definition) is 4. The highest BCUT2D eigenvalue weighted by Gasteiger charge is 2.35. The lowest BCUT2D eigenvalue weighted by Gasteiger charge is -2.26. The smallest absolute Gasteiger partial charge is 0.307 e. The fourth-order valence-corrected chi connectivity index (χ4v) is 4.04. The van der Waals surface area contributed by atoms with Crippen LogP contribution >= 0.6 is 22.9 Å². The van der Waals surface area contributed by atoms with Gasteiger partial charge in [-0.1, -0.05) is 35.8 Å². The number of halogens is 1. The van der Waals surface area contributed by atoms with Gasteiger partial charge in [0.05, 0.1) is 22.1 Å². The van der Waals surface area contributed by atoms with E-state index in [9.17, 15) is 14.7 Å². The van der Waals surface area contributed by atoms with E-state index in [1.807, 2.05) is 0 Å². The van der Waals surface area contributed by atoms with Gasteiger partial charge in [-0.25, -0.2) is 4.98 Å². The number of nitrogens with zero attached hydrogens (tertiary/aromatic N) is 1. The van der Waals surface area contributed by atoms with E-state index in [0.717, 1.165) is 23.1 Å². The average molecular weight is 339 g/mol. The number of thiazole rings is 1. The zero-order chi connectivity index (χ0) is 15.7. The highest BCUT2D eigenvalue weighted by Crippen LogP contribution is 2.33. The molecule has 0 radical (unpaired) electrons. The van der Waals surface area contributed by atoms with Crippen LogP contribution in [0.4, 0.5) is 5.13 Å². The maximum Gasteiger partial charge on any atom is 0.307 e. The summed E-state index contributed by atoms with van der Waals surface area (Å²) in [6.07, 6.45) is 2.92. The molecule has 116 valence electrons. The molecule has 1 saturated carbocycles. The lowest BCUT2D eigenvalue weighted by molar-refractivity contribution is -0.147. The van der Waals surface area contributed by atoms with Crippen molar-refractivity contribution in [2.24, 2.45) is 11.8 Å². The van der Waals surface area contributed by atoms with Gasteiger partial charge in [0.2, 0.25) is 5.91 Å². The third-order valence-electron chi connectivity index (χ3n) is 4.00. The van der Waals surface area contributed by atoms with Crippen molar-refractivity contribution in [3.8, 4) is 0 Å². The van der Waals surface area contributed by atoms with Crippen LogP contribution in [0.15, 0.2) is 18.2 Å². The van der Waals surface area contributed by atoms with E-state index in [1.165, 1.54) is 11.3 Å². The molecule has 0 saturated heterocycles. The summed E-state index contributed by atoms with van der Waals surface area (Å²) in [5.41, 5.74) is 0.767. The molecule has 0 aliphatic heterocycles. The number of carboxylic acids is 1. The monoisotopic (exact) mass is 338 g/mol. The molecule has 0 bridgehead atoms. The predicted molar refractivity (Wildman–Crippen MR) is 86.3 cm³/mol. The van der Waals surface area contributed by atoms with Crippen LogP contribution in [0.2, 0.25) is 5.02 Å². The van der Waals surface area contributed by atoms with Crippen molar-refractivity contribution in [1.29, 1.82) is 0 Å². The van der Waals surface area contributed by atoms with E-state index >= 15 is 0 Å². The second kappa shape index (κ2) is 6.22. The summed E-state index contributed by atoms with van der Waals surface area (Å²) in [6, 6.07) is 5.34. The molecule has 1 heterocycles. The van der Waals surface area contributed by atoms with Gasteiger partial charge in [-0.15, -0.1) is 0 Å². The number of hydrogen-bond donors (Lipinski definition) is 2. The summed E-state index contributed by atoms with van der Waals surface area (Å²) in [6.45, 7) is 0. The van der Waals surface area contributed by atoms with Gasteiger partial charge in [0, 0.05) is 5.02 Å². The Morgan fingerprint density at radius 2 is 2.00 bits per heavy atom. The number of aromatic nitrogens is 1. The predicted octanol–water partition coefficient (Wildman–Crippen LogP) is 3.78. The molecule has 2 N–H and O–H groups in total. The number of carboxylic acid groups (broad SMARTS) is 1. The molecular weight excluding hydrogens is 324 g/mol. The maximum atomic E-state index is 12.4. The molecule has 1 aromatic carbocycles. The average Bonchev–Trinajstić information content (AvgIpc) is 2.88. The zero-order valence-electron chi connectivity index (χ0n) is 11.7. The second-order valence-corrected chi connectivity index (χ2v) is 6.92. The lowest BCUT2D eigenvalue weighted by Crippen LogP contribution is -2.36. The van der Waals surface area contributed by atoms with Crippen LogP contribution in [-0.2, 0) is 9.59 Å². The first-order valence-corrected chi connectivity index (χ1v) is 8.34. The maximum absolute atomic E-state index is 12.4. The summed E-state index contributed by atoms with van der Waals surface area (Å²) in [7, 11) is 0. The molecule has 0 spiro atoms. The van der Waals surface area contributed by atoms with Gasteiger partial charge in [0.1, 0.15) is 0 Å². The van der Waals surface area contributed by atoms with Gasteiger partial charge in [0.15, 0.2) is 5.13 Å². The SMILES string of the molecule is O=C(O)[C@H]1CCCC[C@@H]1C(=O)Nc1nc2ccc(Cl)cc2s1. The number of nitrogens with one attached hydrogen (secondary N) is 1. The van der Waals surface area contributed by atoms with Gasteiger partial charge in [-0.05, 0) is 31.0 Å². The highest BCUT2D eigenvalue weighted by molar-refractivity contribution is 7.22. The molecule has 22 heavy (non-hydrogen) atoms. The van der Waals surface area contributed by atoms with Crippen molar-refractivity contribution < 1.29 is 14.7 Å². The number of amides is 1. The van der Waals surface area contributed by atoms with E-state index in [4.69, 9.17) is 11.6 Å². The fourth-order valence-electron chi connectivity index (χ4n) is 2.89. The van der Waals surface area contributed by atoms with Crippen LogP contribution in [0.1, 0.15) is 25.7 Å². The van der Waals surface area contributed by atoms with E-state index in [-0.39, 0.29) is 5.91 Å². The summed E-state index contributed by atoms with van der Waals surface area (Å²) in [4.78, 5) is 28.0. The molecular formula is C15H15ClN2O3S. The summed E-state index contributed by atoms with van der Waals surface area (Å²) in [5, 5.41) is 13.1. The van der Waals surface area contributed by atoms with Crippen LogP contribution in [-0.4, -0.2) is 22.0 Å². The quantitative estimate of drug-likeness (QED) is 0.892. The zero-order valence-corrected chi connectivity index (χ0v) is 13.3. The fraction of sp³-hybridized carbons (Fsp3) is 0.400. The van der Waals surface area contributed by atoms with Crippen molar-refractivity contribution in [1.82, 2.24) is 4.98 Å². The molecule has 7 heteroatoms. The Hall–Kier alpha value is -1.66. The van der Waals surface area contributed by atoms with Crippen LogP contribution < -0.4 is 5.32 Å². The molecule has 1 amide bonds. The topological polar surface area (TPSA) is 79.3 Å². The molecule has 2 atom stereocenters. The van der Waals surface area contributed by atoms with Crippen molar-refractivity contribution in [2.45, 2.75) is 25.7 Å². The van der Waals surface area contributed by atoms with Gasteiger partial charge < -0.3 is 10.4 Å². The van der Waals surface area contributed by atoms with Crippen LogP contribution in [0.5, 0.6) is 0 Å². The molecule has 0 unspecified atom stereocenters. The number of benzene rings is 1. The first-order valence-electron chi connectivity index (χ1n) is 7.14. The summed E-state index contributed by atoms with van der Waals surface area (Å²) >= 11 is 7.27. The summed E-state index contributed by atoms with van der Waals surface area (Å²) in [5.74, 6) is -2.23. The van der Waals surface area contributed by atoms with Crippen LogP contribution in [0.3, 0.4) is 0 Å². The Labute approximate surface area is 136 Å². The number of anilines is 1. The number of carbonyl (C=O) groups is 2. The van der Waals surface area contributed by atoms with Crippen LogP contribution in [0, 0.1) is 11.8 Å². The Morgan fingerprint density at radius 3 is 2.73 bits per heavy atom. The Bertz CT molecular complexity index is 731. The minimum atomic E-state index is -0.893. The Morgan fingerprint density at radius 1 is 1.27 bits per heavy atom. The molecule has 1 aliphatic carbocycles. The van der Waals surface area contributed by atoms with E-state index in [2.05, 4.69) is 10.3 Å². The van der Waals surface area contributed by atoms with Gasteiger partial charge >= 0.3 is 5.97 Å². The molecule has 1 aromatic heterocycles. The van der Waals surface area contributed by atoms with Crippen molar-refractivity contribution in [3.05, 3.63) is 23.2 Å². The standard InChI is InChI=1S/C15H15ClN2O3S/c16-8-5-6-11-12(7-8)22-15(17-11)18-13(19)9-3-1-2-4-10(9)14(20)21/h5-7,9-10H,1-4H2,(H,20,21)(H,17,18,19)/t9-,10-/m0/s1. The molecule has 3 rings (SSSR count). The van der Waals surface area contributed by atoms with E-state index < -0.39 is 17.8 Å². The number of rotatable bonds is 3. The van der Waals surface area contributed by atoms with E-state index in [0.29, 0.717) is 23.0 Å². The molecule has 1 fully saturated rings. The minimum absolute atomic E-state index is 0.253. The number of fused-ring (bicyclic) bond motifs is 1. The van der Waals surface area contributed by atoms with Gasteiger partial charge in [0.25, 0.3) is 0 Å². The van der Waals surface area contributed by atoms with Crippen molar-refractivity contribution >= 4 is 50.2 Å². The van der Waals surface area contributed by atoms with Gasteiger partial charge in [-0.3, -0.25) is 9.59 Å². The molecule has 2 aromatic rings. The molecule has 1 aliphatic rings. The summed E-state index contributed by atoms with van der Waals surface area (Å²) < 4.78 is 0.890. The first kappa shape index (κ1) is 15.2. The third-order valence-corrected chi connectivity index (χ3v) is 5.17. The normalized spacial score (nSPS) is 21.7. The largest absolute Gasteiger partial charge is 0.481 e. The second-order valence-electron chi connectivity index (χ2n) is 5.46. The number of aliphatic carboxylic acids is 1. The van der Waals surface area contributed by atoms with Crippen molar-refractivity contribution in [2.75, 3.05) is 5.32 Å². The molecule has 5 nitrogen and oxygen atoms in total. The minimum Gasteiger partial charge on any atom is -0.481 e. The number of carbonyl (C=O) groups excluding carboxylic acids is 1. The highest BCUT2D eigenvalue weighted by atomic mass is 35.5. The van der Waals surface area contributed by atoms with Crippen molar-refractivity contribution in [3.63, 3.8) is 0 Å². The van der Waals surface area contributed by atoms with Crippen LogP contribution in [0.25, 0.3) is 10.2 Å². The Balaban J connectivity index is 1.78. The van der Waals surface area contributed by atoms with Gasteiger partial charge in [-0.2, -0.15) is 0 Å². The lowest BCUT2D eigenvalue weighted by atomic mass is 9.79. The first-order chi connectivity index (χ1) is 10.5. The third kappa shape index (κ3) is 3.08. The van der Waals surface area contributed by atoms with E-state index in [1.54, 1.807) is 18.2 Å².